The average Bonchev–Trinajstić information content (AvgIpc) is 2.82. The number of nitrogens with zero attached hydrogens (tertiary/aromatic N) is 2. The smallest absolute Gasteiger partial charge is 0.0572 e. The van der Waals surface area contributed by atoms with E-state index in [1.165, 1.54) is 31.4 Å². The number of hydrogen-bond acceptors (Lipinski definition) is 2. The molecular weight excluding hydrogens is 184 g/mol. The summed E-state index contributed by atoms with van der Waals surface area (Å²) in [7, 11) is 2.23. The Hall–Kier alpha value is -0.890. The largest absolute Gasteiger partial charge is 0.295 e. The molecule has 0 amide bonds. The molecule has 1 fully saturated rings. The highest BCUT2D eigenvalue weighted by molar-refractivity contribution is 5.08. The number of hydrogen-bond donors (Lipinski definition) is 0. The van der Waals surface area contributed by atoms with E-state index in [0.717, 1.165) is 6.04 Å². The SMILES string of the molecule is CC(c1ccccn1)N(C)C1CCCC1. The van der Waals surface area contributed by atoms with Crippen molar-refractivity contribution >= 4 is 0 Å². The molecule has 1 aromatic rings. The molecule has 2 nitrogen and oxygen atoms in total. The Labute approximate surface area is 92.3 Å². The highest BCUT2D eigenvalue weighted by Crippen LogP contribution is 2.28. The van der Waals surface area contributed by atoms with Crippen molar-refractivity contribution < 1.29 is 0 Å². The second-order valence-electron chi connectivity index (χ2n) is 4.53. The van der Waals surface area contributed by atoms with E-state index in [2.05, 4.69) is 36.0 Å². The molecule has 0 radical (unpaired) electrons. The first-order valence-corrected chi connectivity index (χ1v) is 5.92. The second-order valence-corrected chi connectivity index (χ2v) is 4.53. The van der Waals surface area contributed by atoms with Crippen LogP contribution in [-0.2, 0) is 0 Å². The van der Waals surface area contributed by atoms with Crippen molar-refractivity contribution in [2.24, 2.45) is 0 Å². The van der Waals surface area contributed by atoms with Crippen LogP contribution in [0, 0.1) is 0 Å². The van der Waals surface area contributed by atoms with E-state index in [1.807, 2.05) is 12.3 Å². The molecule has 1 unspecified atom stereocenters. The molecular formula is C13H20N2. The van der Waals surface area contributed by atoms with Gasteiger partial charge in [0.25, 0.3) is 0 Å². The molecule has 2 rings (SSSR count). The van der Waals surface area contributed by atoms with E-state index in [-0.39, 0.29) is 0 Å². The minimum Gasteiger partial charge on any atom is -0.295 e. The third-order valence-electron chi connectivity index (χ3n) is 3.63. The summed E-state index contributed by atoms with van der Waals surface area (Å²) in [6, 6.07) is 7.37. The lowest BCUT2D eigenvalue weighted by Crippen LogP contribution is -2.32. The van der Waals surface area contributed by atoms with Crippen LogP contribution in [0.25, 0.3) is 0 Å². The Morgan fingerprint density at radius 1 is 1.33 bits per heavy atom. The maximum atomic E-state index is 4.43. The minimum absolute atomic E-state index is 0.439. The maximum absolute atomic E-state index is 4.43. The minimum atomic E-state index is 0.439. The molecule has 0 aliphatic heterocycles. The Balaban J connectivity index is 2.03. The Kier molecular flexibility index (Phi) is 3.37. The molecule has 82 valence electrons. The summed E-state index contributed by atoms with van der Waals surface area (Å²) in [5.41, 5.74) is 1.19. The van der Waals surface area contributed by atoms with E-state index >= 15 is 0 Å². The molecule has 1 aromatic heterocycles. The zero-order valence-corrected chi connectivity index (χ0v) is 9.69. The lowest BCUT2D eigenvalue weighted by atomic mass is 10.1. The summed E-state index contributed by atoms with van der Waals surface area (Å²) in [6.45, 7) is 2.25. The predicted molar refractivity (Wildman–Crippen MR) is 62.7 cm³/mol. The van der Waals surface area contributed by atoms with Gasteiger partial charge in [-0.1, -0.05) is 18.9 Å². The van der Waals surface area contributed by atoms with Crippen LogP contribution in [0.4, 0.5) is 0 Å². The predicted octanol–water partition coefficient (Wildman–Crippen LogP) is 3.02. The molecule has 1 aliphatic rings. The van der Waals surface area contributed by atoms with Gasteiger partial charge in [0.15, 0.2) is 0 Å². The zero-order valence-electron chi connectivity index (χ0n) is 9.69. The third-order valence-corrected chi connectivity index (χ3v) is 3.63. The van der Waals surface area contributed by atoms with Crippen molar-refractivity contribution in [2.45, 2.75) is 44.7 Å². The Bertz CT molecular complexity index is 291. The fourth-order valence-electron chi connectivity index (χ4n) is 2.46. The summed E-state index contributed by atoms with van der Waals surface area (Å²) in [6.07, 6.45) is 7.38. The van der Waals surface area contributed by atoms with Gasteiger partial charge in [0.1, 0.15) is 0 Å². The van der Waals surface area contributed by atoms with E-state index < -0.39 is 0 Å². The second kappa shape index (κ2) is 4.75. The Morgan fingerprint density at radius 3 is 2.67 bits per heavy atom. The molecule has 0 spiro atoms. The number of aromatic nitrogens is 1. The molecule has 1 saturated carbocycles. The number of pyridine rings is 1. The normalized spacial score (nSPS) is 19.7. The van der Waals surface area contributed by atoms with Crippen LogP contribution in [0.2, 0.25) is 0 Å². The molecule has 15 heavy (non-hydrogen) atoms. The topological polar surface area (TPSA) is 16.1 Å². The van der Waals surface area contributed by atoms with Crippen LogP contribution in [0.15, 0.2) is 24.4 Å². The lowest BCUT2D eigenvalue weighted by molar-refractivity contribution is 0.184. The van der Waals surface area contributed by atoms with Crippen molar-refractivity contribution in [3.63, 3.8) is 0 Å². The van der Waals surface area contributed by atoms with Crippen LogP contribution in [-0.4, -0.2) is 23.0 Å². The summed E-state index contributed by atoms with van der Waals surface area (Å²) >= 11 is 0. The van der Waals surface area contributed by atoms with Gasteiger partial charge in [-0.25, -0.2) is 0 Å². The highest BCUT2D eigenvalue weighted by atomic mass is 15.2. The molecule has 1 heterocycles. The molecule has 0 aromatic carbocycles. The van der Waals surface area contributed by atoms with Crippen LogP contribution in [0.1, 0.15) is 44.3 Å². The molecule has 2 heteroatoms. The monoisotopic (exact) mass is 204 g/mol. The third kappa shape index (κ3) is 2.37. The first-order valence-electron chi connectivity index (χ1n) is 5.92. The fourth-order valence-corrected chi connectivity index (χ4v) is 2.46. The van der Waals surface area contributed by atoms with Gasteiger partial charge in [-0.3, -0.25) is 9.88 Å². The van der Waals surface area contributed by atoms with Gasteiger partial charge in [0.05, 0.1) is 5.69 Å². The molecule has 1 aliphatic carbocycles. The van der Waals surface area contributed by atoms with Crippen molar-refractivity contribution in [3.05, 3.63) is 30.1 Å². The molecule has 0 N–H and O–H groups in total. The van der Waals surface area contributed by atoms with Crippen LogP contribution in [0.3, 0.4) is 0 Å². The van der Waals surface area contributed by atoms with E-state index in [0.29, 0.717) is 6.04 Å². The summed E-state index contributed by atoms with van der Waals surface area (Å²) in [4.78, 5) is 6.91. The summed E-state index contributed by atoms with van der Waals surface area (Å²) < 4.78 is 0. The van der Waals surface area contributed by atoms with Gasteiger partial charge in [0, 0.05) is 18.3 Å². The van der Waals surface area contributed by atoms with E-state index in [9.17, 15) is 0 Å². The first-order chi connectivity index (χ1) is 7.29. The molecule has 0 saturated heterocycles. The fraction of sp³-hybridized carbons (Fsp3) is 0.615. The van der Waals surface area contributed by atoms with E-state index in [4.69, 9.17) is 0 Å². The quantitative estimate of drug-likeness (QED) is 0.752. The average molecular weight is 204 g/mol. The van der Waals surface area contributed by atoms with Gasteiger partial charge in [-0.05, 0) is 38.9 Å². The van der Waals surface area contributed by atoms with E-state index in [1.54, 1.807) is 0 Å². The van der Waals surface area contributed by atoms with Gasteiger partial charge in [0.2, 0.25) is 0 Å². The zero-order chi connectivity index (χ0) is 10.7. The highest BCUT2D eigenvalue weighted by Gasteiger charge is 2.24. The van der Waals surface area contributed by atoms with Gasteiger partial charge in [-0.15, -0.1) is 0 Å². The standard InChI is InChI=1S/C13H20N2/c1-11(13-9-5-6-10-14-13)15(2)12-7-3-4-8-12/h5-6,9-12H,3-4,7-8H2,1-2H3. The van der Waals surface area contributed by atoms with Crippen LogP contribution in [0.5, 0.6) is 0 Å². The van der Waals surface area contributed by atoms with Gasteiger partial charge >= 0.3 is 0 Å². The maximum Gasteiger partial charge on any atom is 0.0572 e. The summed E-state index contributed by atoms with van der Waals surface area (Å²) in [5.74, 6) is 0. The lowest BCUT2D eigenvalue weighted by Gasteiger charge is -2.30. The number of rotatable bonds is 3. The molecule has 1 atom stereocenters. The first kappa shape index (κ1) is 10.6. The van der Waals surface area contributed by atoms with Gasteiger partial charge in [-0.2, -0.15) is 0 Å². The van der Waals surface area contributed by atoms with Crippen molar-refractivity contribution in [1.82, 2.24) is 9.88 Å². The van der Waals surface area contributed by atoms with Crippen LogP contribution < -0.4 is 0 Å². The summed E-state index contributed by atoms with van der Waals surface area (Å²) in [5, 5.41) is 0. The van der Waals surface area contributed by atoms with Gasteiger partial charge < -0.3 is 0 Å². The van der Waals surface area contributed by atoms with Crippen LogP contribution >= 0.6 is 0 Å². The van der Waals surface area contributed by atoms with Crippen molar-refractivity contribution in [3.8, 4) is 0 Å². The molecule has 0 bridgehead atoms. The van der Waals surface area contributed by atoms with Crippen molar-refractivity contribution in [2.75, 3.05) is 7.05 Å². The van der Waals surface area contributed by atoms with Crippen molar-refractivity contribution in [1.29, 1.82) is 0 Å². The Morgan fingerprint density at radius 2 is 2.07 bits per heavy atom.